The minimum absolute atomic E-state index is 0.225. The van der Waals surface area contributed by atoms with E-state index in [0.29, 0.717) is 39.5 Å². The van der Waals surface area contributed by atoms with Crippen LogP contribution in [0, 0.1) is 5.82 Å². The van der Waals surface area contributed by atoms with Crippen LogP contribution >= 0.6 is 46.6 Å². The van der Waals surface area contributed by atoms with E-state index >= 15 is 0 Å². The molecule has 0 unspecified atom stereocenters. The Labute approximate surface area is 289 Å². The lowest BCUT2D eigenvalue weighted by molar-refractivity contribution is 0.0993. The zero-order valence-electron chi connectivity index (χ0n) is 25.3. The van der Waals surface area contributed by atoms with E-state index in [4.69, 9.17) is 39.5 Å². The molecule has 0 bridgehead atoms. The second-order valence-corrected chi connectivity index (χ2v) is 14.2. The summed E-state index contributed by atoms with van der Waals surface area (Å²) in [5.74, 6) is 0.0645. The summed E-state index contributed by atoms with van der Waals surface area (Å²) < 4.78 is 16.7. The van der Waals surface area contributed by atoms with Gasteiger partial charge >= 0.3 is 6.09 Å². The van der Waals surface area contributed by atoms with Gasteiger partial charge in [-0.15, -0.1) is 0 Å². The lowest BCUT2D eigenvalue weighted by atomic mass is 10.1. The van der Waals surface area contributed by atoms with Gasteiger partial charge in [0, 0.05) is 39.5 Å². The fraction of sp³-hybridized carbons (Fsp3) is 0.182. The molecule has 0 spiro atoms. The maximum atomic E-state index is 13.5. The van der Waals surface area contributed by atoms with Gasteiger partial charge in [-0.1, -0.05) is 60.4 Å². The third kappa shape index (κ3) is 9.01. The molecule has 0 saturated carbocycles. The highest BCUT2D eigenvalue weighted by atomic mass is 35.6. The summed E-state index contributed by atoms with van der Waals surface area (Å²) in [4.78, 5) is 42.2. The Kier molecular flexibility index (Phi) is 10.7. The van der Waals surface area contributed by atoms with Crippen LogP contribution in [0.4, 0.5) is 32.1 Å². The number of fused-ring (bicyclic) bond motifs is 1. The van der Waals surface area contributed by atoms with Gasteiger partial charge in [0.15, 0.2) is 5.65 Å². The number of anilines is 4. The maximum absolute atomic E-state index is 13.5. The summed E-state index contributed by atoms with van der Waals surface area (Å²) >= 11 is 18.3. The Hall–Kier alpha value is -4.16. The van der Waals surface area contributed by atoms with E-state index in [-0.39, 0.29) is 11.8 Å². The van der Waals surface area contributed by atoms with Crippen LogP contribution in [0.2, 0.25) is 0 Å². The summed E-state index contributed by atoms with van der Waals surface area (Å²) in [5.41, 5.74) is 3.48. The minimum Gasteiger partial charge on any atom is -0.445 e. The molecule has 2 heterocycles. The second kappa shape index (κ2) is 14.7. The van der Waals surface area contributed by atoms with Crippen LogP contribution in [0.1, 0.15) is 35.8 Å². The average molecular weight is 714 g/mol. The van der Waals surface area contributed by atoms with Crippen molar-refractivity contribution in [2.75, 3.05) is 29.2 Å². The Balaban J connectivity index is 1.44. The number of amides is 2. The number of aromatic nitrogens is 3. The molecule has 242 valence electrons. The van der Waals surface area contributed by atoms with Crippen LogP contribution in [0.5, 0.6) is 0 Å². The second-order valence-electron chi connectivity index (χ2n) is 10.6. The van der Waals surface area contributed by atoms with Gasteiger partial charge in [0.2, 0.25) is 3.79 Å². The van der Waals surface area contributed by atoms with Gasteiger partial charge in [-0.2, -0.15) is 0 Å². The van der Waals surface area contributed by atoms with Gasteiger partial charge in [0.1, 0.15) is 24.6 Å². The van der Waals surface area contributed by atoms with Crippen LogP contribution in [0.15, 0.2) is 95.0 Å². The first-order chi connectivity index (χ1) is 22.4. The van der Waals surface area contributed by atoms with Crippen LogP contribution in [-0.2, 0) is 4.74 Å². The summed E-state index contributed by atoms with van der Waals surface area (Å²) in [6.45, 7) is 3.72. The topological polar surface area (TPSA) is 109 Å². The molecule has 5 rings (SSSR count). The molecule has 2 aromatic heterocycles. The van der Waals surface area contributed by atoms with Crippen molar-refractivity contribution >= 4 is 92.5 Å². The average Bonchev–Trinajstić information content (AvgIpc) is 3.04. The zero-order valence-corrected chi connectivity index (χ0v) is 28.4. The molecule has 0 aliphatic heterocycles. The number of halogens is 4. The number of nitrogens with zero attached hydrogens (tertiary/aromatic N) is 4. The highest BCUT2D eigenvalue weighted by Crippen LogP contribution is 2.37. The number of hydrogen-bond acceptors (Lipinski definition) is 8. The lowest BCUT2D eigenvalue weighted by Crippen LogP contribution is -2.26. The summed E-state index contributed by atoms with van der Waals surface area (Å²) in [5, 5.41) is 6.69. The third-order valence-corrected chi connectivity index (χ3v) is 8.21. The standard InChI is InChI=1S/C33H28Cl3FN6O3S/c1-19(2)26-14-13-25-29(41-26)38-18-39-30(25)42-27-16-20(31(44)43(3)23-9-5-21(37)6-10-23)4-15-28(27)47-24-11-7-22(8-12-24)40-32(45)46-17-33(34,35)36/h4-16,18-19H,17H2,1-3H3,(H,40,45)(H,38,39,41,42). The molecule has 2 N–H and O–H groups in total. The van der Waals surface area contributed by atoms with Gasteiger partial charge in [-0.25, -0.2) is 24.1 Å². The van der Waals surface area contributed by atoms with Crippen molar-refractivity contribution in [1.82, 2.24) is 15.0 Å². The number of ether oxygens (including phenoxy) is 1. The van der Waals surface area contributed by atoms with Gasteiger partial charge in [0.05, 0.1) is 11.1 Å². The fourth-order valence-corrected chi connectivity index (χ4v) is 5.41. The normalized spacial score (nSPS) is 11.4. The largest absolute Gasteiger partial charge is 0.445 e. The van der Waals surface area contributed by atoms with Gasteiger partial charge in [-0.05, 0) is 84.8 Å². The molecular formula is C33H28Cl3FN6O3S. The summed E-state index contributed by atoms with van der Waals surface area (Å²) in [7, 11) is 1.63. The molecule has 5 aromatic rings. The molecule has 47 heavy (non-hydrogen) atoms. The predicted molar refractivity (Wildman–Crippen MR) is 186 cm³/mol. The van der Waals surface area contributed by atoms with Crippen molar-refractivity contribution in [1.29, 1.82) is 0 Å². The molecule has 0 saturated heterocycles. The molecule has 9 nitrogen and oxygen atoms in total. The van der Waals surface area contributed by atoms with Gasteiger partial charge in [0.25, 0.3) is 5.91 Å². The first-order valence-electron chi connectivity index (χ1n) is 14.2. The third-order valence-electron chi connectivity index (χ3n) is 6.80. The van der Waals surface area contributed by atoms with E-state index in [1.54, 1.807) is 43.4 Å². The first kappa shape index (κ1) is 34.2. The van der Waals surface area contributed by atoms with E-state index in [9.17, 15) is 14.0 Å². The Morgan fingerprint density at radius 1 is 0.979 bits per heavy atom. The summed E-state index contributed by atoms with van der Waals surface area (Å²) in [6.07, 6.45) is 0.678. The van der Waals surface area contributed by atoms with E-state index < -0.39 is 22.3 Å². The summed E-state index contributed by atoms with van der Waals surface area (Å²) in [6, 6.07) is 21.9. The molecule has 2 amide bonds. The Morgan fingerprint density at radius 3 is 2.38 bits per heavy atom. The quantitative estimate of drug-likeness (QED) is 0.146. The highest BCUT2D eigenvalue weighted by Gasteiger charge is 2.22. The van der Waals surface area contributed by atoms with E-state index in [1.807, 2.05) is 30.3 Å². The van der Waals surface area contributed by atoms with Crippen molar-refractivity contribution in [3.05, 3.63) is 102 Å². The number of rotatable bonds is 9. The molecule has 0 aliphatic carbocycles. The Morgan fingerprint density at radius 2 is 1.70 bits per heavy atom. The van der Waals surface area contributed by atoms with Crippen molar-refractivity contribution in [3.8, 4) is 0 Å². The molecular weight excluding hydrogens is 686 g/mol. The van der Waals surface area contributed by atoms with Crippen molar-refractivity contribution in [3.63, 3.8) is 0 Å². The molecule has 14 heteroatoms. The van der Waals surface area contributed by atoms with Crippen molar-refractivity contribution in [2.24, 2.45) is 0 Å². The molecule has 3 aromatic carbocycles. The number of pyridine rings is 1. The molecule has 0 atom stereocenters. The molecule has 0 radical (unpaired) electrons. The number of nitrogens with one attached hydrogen (secondary N) is 2. The number of hydrogen-bond donors (Lipinski definition) is 2. The van der Waals surface area contributed by atoms with Crippen LogP contribution < -0.4 is 15.5 Å². The predicted octanol–water partition coefficient (Wildman–Crippen LogP) is 9.38. The van der Waals surface area contributed by atoms with E-state index in [1.165, 1.54) is 35.1 Å². The number of benzene rings is 3. The van der Waals surface area contributed by atoms with Crippen LogP contribution in [0.25, 0.3) is 11.0 Å². The number of alkyl halides is 3. The molecule has 0 aliphatic rings. The van der Waals surface area contributed by atoms with Crippen LogP contribution in [-0.4, -0.2) is 44.4 Å². The lowest BCUT2D eigenvalue weighted by Gasteiger charge is -2.19. The smallest absolute Gasteiger partial charge is 0.411 e. The minimum atomic E-state index is -1.72. The van der Waals surface area contributed by atoms with E-state index in [0.717, 1.165) is 15.5 Å². The number of carbonyl (C=O) groups is 2. The van der Waals surface area contributed by atoms with Crippen molar-refractivity contribution < 1.29 is 18.7 Å². The van der Waals surface area contributed by atoms with Gasteiger partial charge < -0.3 is 15.0 Å². The maximum Gasteiger partial charge on any atom is 0.411 e. The number of carbonyl (C=O) groups excluding carboxylic acids is 2. The fourth-order valence-electron chi connectivity index (χ4n) is 4.37. The highest BCUT2D eigenvalue weighted by molar-refractivity contribution is 7.99. The van der Waals surface area contributed by atoms with Crippen molar-refractivity contribution in [2.45, 2.75) is 33.3 Å². The SMILES string of the molecule is CC(C)c1ccc2c(Nc3cc(C(=O)N(C)c4ccc(F)cc4)ccc3Sc3ccc(NC(=O)OCC(Cl)(Cl)Cl)cc3)ncnc2n1. The van der Waals surface area contributed by atoms with Gasteiger partial charge in [-0.3, -0.25) is 10.1 Å². The van der Waals surface area contributed by atoms with Crippen LogP contribution in [0.3, 0.4) is 0 Å². The monoisotopic (exact) mass is 712 g/mol. The Bertz CT molecular complexity index is 1910. The zero-order chi connectivity index (χ0) is 33.7. The molecule has 0 fully saturated rings. The van der Waals surface area contributed by atoms with E-state index in [2.05, 4.69) is 39.4 Å². The first-order valence-corrected chi connectivity index (χ1v) is 16.2.